The van der Waals surface area contributed by atoms with E-state index in [1.165, 1.54) is 15.7 Å². The number of carbonyl (C=O) groups excluding carboxylic acids is 1. The molecule has 0 radical (unpaired) electrons. The van der Waals surface area contributed by atoms with Crippen LogP contribution in [0.15, 0.2) is 64.9 Å². The number of rotatable bonds is 7. The van der Waals surface area contributed by atoms with Crippen molar-refractivity contribution in [3.05, 3.63) is 98.3 Å². The minimum atomic E-state index is -0.251. The molecule has 0 unspecified atom stereocenters. The predicted molar refractivity (Wildman–Crippen MR) is 141 cm³/mol. The molecule has 0 atom stereocenters. The number of hydrogen-bond acceptors (Lipinski definition) is 6. The number of carbonyl (C=O) groups is 1. The second-order valence-corrected chi connectivity index (χ2v) is 9.60. The highest BCUT2D eigenvalue weighted by Crippen LogP contribution is 2.26. The number of aryl methyl sites for hydroxylation is 2. The molecule has 0 saturated carbocycles. The smallest absolute Gasteiger partial charge is 0.268 e. The molecule has 0 saturated heterocycles. The van der Waals surface area contributed by atoms with Crippen LogP contribution in [-0.2, 0) is 17.6 Å². The fourth-order valence-electron chi connectivity index (χ4n) is 4.09. The summed E-state index contributed by atoms with van der Waals surface area (Å²) >= 11 is 7.71. The molecule has 0 aliphatic carbocycles. The van der Waals surface area contributed by atoms with E-state index in [1.54, 1.807) is 29.2 Å². The van der Waals surface area contributed by atoms with E-state index in [0.29, 0.717) is 45.6 Å². The van der Waals surface area contributed by atoms with Gasteiger partial charge in [-0.1, -0.05) is 29.8 Å². The molecule has 1 N–H and O–H groups in total. The van der Waals surface area contributed by atoms with Gasteiger partial charge < -0.3 is 5.32 Å². The molecule has 0 aliphatic rings. The highest BCUT2D eigenvalue weighted by Gasteiger charge is 2.20. The van der Waals surface area contributed by atoms with Crippen LogP contribution in [0, 0.1) is 13.8 Å². The largest absolute Gasteiger partial charge is 0.355 e. The number of fused-ring (bicyclic) bond motifs is 1. The molecule has 10 heteroatoms. The molecular weight excluding hydrogens is 496 g/mol. The van der Waals surface area contributed by atoms with Crippen molar-refractivity contribution in [3.8, 4) is 16.9 Å². The SMILES string of the molecule is Cc1nc2scc(CC(=O)NCCc3ccccn3)n2c(=O)c1-c1cc(C)n(-c2ccccc2Cl)n1. The molecule has 5 aromatic rings. The van der Waals surface area contributed by atoms with Crippen LogP contribution in [0.5, 0.6) is 0 Å². The van der Waals surface area contributed by atoms with Gasteiger partial charge in [0.1, 0.15) is 5.69 Å². The monoisotopic (exact) mass is 518 g/mol. The Labute approximate surface area is 216 Å². The number of benzene rings is 1. The van der Waals surface area contributed by atoms with Crippen molar-refractivity contribution in [1.29, 1.82) is 0 Å². The summed E-state index contributed by atoms with van der Waals surface area (Å²) in [6.07, 6.45) is 2.43. The van der Waals surface area contributed by atoms with Crippen LogP contribution in [-0.4, -0.2) is 36.6 Å². The molecule has 0 spiro atoms. The molecule has 1 amide bonds. The number of amides is 1. The minimum absolute atomic E-state index is 0.0688. The van der Waals surface area contributed by atoms with Gasteiger partial charge in [0, 0.05) is 41.6 Å². The zero-order valence-electron chi connectivity index (χ0n) is 19.7. The van der Waals surface area contributed by atoms with E-state index in [9.17, 15) is 9.59 Å². The molecule has 1 aromatic carbocycles. The molecule has 0 aliphatic heterocycles. The Morgan fingerprint density at radius 2 is 1.94 bits per heavy atom. The number of nitrogens with zero attached hydrogens (tertiary/aromatic N) is 5. The first-order chi connectivity index (χ1) is 17.4. The minimum Gasteiger partial charge on any atom is -0.355 e. The van der Waals surface area contributed by atoms with Crippen molar-refractivity contribution in [3.63, 3.8) is 0 Å². The number of aromatic nitrogens is 5. The summed E-state index contributed by atoms with van der Waals surface area (Å²) in [4.78, 5) is 35.7. The van der Waals surface area contributed by atoms with Crippen LogP contribution >= 0.6 is 22.9 Å². The highest BCUT2D eigenvalue weighted by atomic mass is 35.5. The fraction of sp³-hybridized carbons (Fsp3) is 0.192. The first-order valence-electron chi connectivity index (χ1n) is 11.4. The average Bonchev–Trinajstić information content (AvgIpc) is 3.43. The van der Waals surface area contributed by atoms with Gasteiger partial charge in [-0.3, -0.25) is 19.0 Å². The number of hydrogen-bond donors (Lipinski definition) is 1. The second-order valence-electron chi connectivity index (χ2n) is 8.35. The standard InChI is InChI=1S/C26H23ClN6O2S/c1-16-13-21(31-33(16)22-9-4-3-8-20(22)27)24-17(2)30-26-32(25(24)35)19(15-36-26)14-23(34)29-12-10-18-7-5-6-11-28-18/h3-9,11,13,15H,10,12,14H2,1-2H3,(H,29,34). The highest BCUT2D eigenvalue weighted by molar-refractivity contribution is 7.15. The number of pyridine rings is 1. The zero-order chi connectivity index (χ0) is 25.2. The summed E-state index contributed by atoms with van der Waals surface area (Å²) in [6.45, 7) is 4.17. The van der Waals surface area contributed by atoms with E-state index in [-0.39, 0.29) is 17.9 Å². The number of nitrogens with one attached hydrogen (secondary N) is 1. The van der Waals surface area contributed by atoms with Gasteiger partial charge in [-0.05, 0) is 44.2 Å². The summed E-state index contributed by atoms with van der Waals surface area (Å²) in [5.74, 6) is -0.168. The van der Waals surface area contributed by atoms with E-state index in [4.69, 9.17) is 11.6 Å². The van der Waals surface area contributed by atoms with Crippen molar-refractivity contribution < 1.29 is 4.79 Å². The number of thiazole rings is 1. The fourth-order valence-corrected chi connectivity index (χ4v) is 5.23. The average molecular weight is 519 g/mol. The van der Waals surface area contributed by atoms with Crippen LogP contribution in [0.4, 0.5) is 0 Å². The second kappa shape index (κ2) is 10.0. The molecule has 4 aromatic heterocycles. The molecule has 0 fully saturated rings. The molecule has 4 heterocycles. The van der Waals surface area contributed by atoms with E-state index in [0.717, 1.165) is 17.1 Å². The van der Waals surface area contributed by atoms with E-state index >= 15 is 0 Å². The van der Waals surface area contributed by atoms with Crippen molar-refractivity contribution >= 4 is 33.8 Å². The summed E-state index contributed by atoms with van der Waals surface area (Å²) < 4.78 is 3.23. The van der Waals surface area contributed by atoms with E-state index in [2.05, 4.69) is 20.4 Å². The third kappa shape index (κ3) is 4.67. The third-order valence-electron chi connectivity index (χ3n) is 5.82. The maximum absolute atomic E-state index is 13.7. The van der Waals surface area contributed by atoms with E-state index < -0.39 is 0 Å². The van der Waals surface area contributed by atoms with Crippen molar-refractivity contribution in [2.24, 2.45) is 0 Å². The first-order valence-corrected chi connectivity index (χ1v) is 12.7. The Morgan fingerprint density at radius 3 is 2.72 bits per heavy atom. The number of halogens is 1. The predicted octanol–water partition coefficient (Wildman–Crippen LogP) is 4.18. The molecule has 0 bridgehead atoms. The lowest BCUT2D eigenvalue weighted by Gasteiger charge is -2.07. The Bertz CT molecular complexity index is 1620. The van der Waals surface area contributed by atoms with Gasteiger partial charge in [0.05, 0.1) is 28.4 Å². The van der Waals surface area contributed by atoms with Gasteiger partial charge in [-0.25, -0.2) is 9.67 Å². The van der Waals surface area contributed by atoms with Gasteiger partial charge in [-0.15, -0.1) is 11.3 Å². The molecular formula is C26H23ClN6O2S. The Hall–Kier alpha value is -3.82. The van der Waals surface area contributed by atoms with Crippen molar-refractivity contribution in [2.45, 2.75) is 26.7 Å². The van der Waals surface area contributed by atoms with Crippen molar-refractivity contribution in [1.82, 2.24) is 29.5 Å². The Morgan fingerprint density at radius 1 is 1.14 bits per heavy atom. The van der Waals surface area contributed by atoms with Gasteiger partial charge in [-0.2, -0.15) is 5.10 Å². The molecule has 5 rings (SSSR count). The van der Waals surface area contributed by atoms with Gasteiger partial charge in [0.2, 0.25) is 5.91 Å². The third-order valence-corrected chi connectivity index (χ3v) is 7.01. The van der Waals surface area contributed by atoms with Crippen LogP contribution < -0.4 is 10.9 Å². The zero-order valence-corrected chi connectivity index (χ0v) is 21.3. The van der Waals surface area contributed by atoms with Crippen LogP contribution in [0.3, 0.4) is 0 Å². The summed E-state index contributed by atoms with van der Waals surface area (Å²) in [5, 5.41) is 9.95. The summed E-state index contributed by atoms with van der Waals surface area (Å²) in [6, 6.07) is 14.9. The maximum Gasteiger partial charge on any atom is 0.268 e. The first kappa shape index (κ1) is 23.9. The van der Waals surface area contributed by atoms with Gasteiger partial charge in [0.15, 0.2) is 4.96 Å². The van der Waals surface area contributed by atoms with Crippen LogP contribution in [0.2, 0.25) is 5.02 Å². The van der Waals surface area contributed by atoms with Gasteiger partial charge >= 0.3 is 0 Å². The van der Waals surface area contributed by atoms with Crippen LogP contribution in [0.1, 0.15) is 22.8 Å². The molecule has 182 valence electrons. The number of para-hydroxylation sites is 1. The Balaban J connectivity index is 1.43. The molecule has 8 nitrogen and oxygen atoms in total. The van der Waals surface area contributed by atoms with Crippen LogP contribution in [0.25, 0.3) is 21.9 Å². The lowest BCUT2D eigenvalue weighted by Crippen LogP contribution is -2.29. The normalized spacial score (nSPS) is 11.2. The summed E-state index contributed by atoms with van der Waals surface area (Å²) in [5.41, 5.74) is 4.30. The molecule has 36 heavy (non-hydrogen) atoms. The quantitative estimate of drug-likeness (QED) is 0.349. The Kier molecular flexibility index (Phi) is 6.67. The lowest BCUT2D eigenvalue weighted by atomic mass is 10.1. The summed E-state index contributed by atoms with van der Waals surface area (Å²) in [7, 11) is 0. The van der Waals surface area contributed by atoms with E-state index in [1.807, 2.05) is 49.4 Å². The lowest BCUT2D eigenvalue weighted by molar-refractivity contribution is -0.120. The van der Waals surface area contributed by atoms with Crippen molar-refractivity contribution in [2.75, 3.05) is 6.54 Å². The van der Waals surface area contributed by atoms with Gasteiger partial charge in [0.25, 0.3) is 5.56 Å². The maximum atomic E-state index is 13.7. The topological polar surface area (TPSA) is 94.2 Å².